The van der Waals surface area contributed by atoms with E-state index in [1.807, 2.05) is 29.6 Å². The van der Waals surface area contributed by atoms with Crippen LogP contribution in [0.1, 0.15) is 22.9 Å². The minimum atomic E-state index is -0.391. The van der Waals surface area contributed by atoms with Crippen LogP contribution in [0.15, 0.2) is 80.6 Å². The first-order valence-electron chi connectivity index (χ1n) is 10.8. The fourth-order valence-electron chi connectivity index (χ4n) is 3.97. The predicted molar refractivity (Wildman–Crippen MR) is 131 cm³/mol. The molecule has 0 aliphatic carbocycles. The van der Waals surface area contributed by atoms with Gasteiger partial charge < -0.3 is 13.9 Å². The Morgan fingerprint density at radius 1 is 1.11 bits per heavy atom. The third-order valence-electron chi connectivity index (χ3n) is 5.69. The number of hydrazone groups is 1. The second-order valence-corrected chi connectivity index (χ2v) is 8.74. The van der Waals surface area contributed by atoms with Crippen molar-refractivity contribution in [2.45, 2.75) is 19.0 Å². The van der Waals surface area contributed by atoms with Gasteiger partial charge >= 0.3 is 0 Å². The highest BCUT2D eigenvalue weighted by Crippen LogP contribution is 2.38. The van der Waals surface area contributed by atoms with Crippen molar-refractivity contribution in [2.75, 3.05) is 14.2 Å². The number of benzene rings is 1. The zero-order valence-electron chi connectivity index (χ0n) is 19.1. The Hall–Kier alpha value is -4.18. The molecule has 35 heavy (non-hydrogen) atoms. The molecule has 0 radical (unpaired) electrons. The summed E-state index contributed by atoms with van der Waals surface area (Å²) >= 11 is 1.56. The zero-order valence-corrected chi connectivity index (χ0v) is 19.9. The van der Waals surface area contributed by atoms with Gasteiger partial charge in [-0.05, 0) is 47.3 Å². The summed E-state index contributed by atoms with van der Waals surface area (Å²) in [4.78, 5) is 27.0. The van der Waals surface area contributed by atoms with Crippen LogP contribution in [0.25, 0.3) is 11.5 Å². The monoisotopic (exact) mass is 490 g/mol. The van der Waals surface area contributed by atoms with E-state index in [4.69, 9.17) is 13.9 Å². The molecular weight excluding hydrogens is 468 g/mol. The van der Waals surface area contributed by atoms with Crippen LogP contribution in [0.5, 0.6) is 11.5 Å². The standard InChI is InChI=1S/C25H22N4O5S/c1-32-21-9-7-16(13-22(21)33-2)19-14-18(23-6-4-12-35-23)27-29(19)25(31)15-28-24(30)10-8-17(26-28)20-5-3-11-34-20/h3-13,19H,14-15H2,1-2H3. The maximum atomic E-state index is 13.5. The normalized spacial score (nSPS) is 15.2. The summed E-state index contributed by atoms with van der Waals surface area (Å²) in [5.41, 5.74) is 1.72. The first-order chi connectivity index (χ1) is 17.1. The van der Waals surface area contributed by atoms with Crippen LogP contribution in [-0.2, 0) is 11.3 Å². The molecule has 10 heteroatoms. The number of nitrogens with zero attached hydrogens (tertiary/aromatic N) is 4. The largest absolute Gasteiger partial charge is 0.493 e. The van der Waals surface area contributed by atoms with Crippen LogP contribution >= 0.6 is 11.3 Å². The molecule has 0 spiro atoms. The number of rotatable bonds is 7. The van der Waals surface area contributed by atoms with Crippen molar-refractivity contribution in [3.8, 4) is 23.0 Å². The molecule has 1 aromatic carbocycles. The lowest BCUT2D eigenvalue weighted by molar-refractivity contribution is -0.133. The van der Waals surface area contributed by atoms with Crippen LogP contribution in [0.4, 0.5) is 0 Å². The van der Waals surface area contributed by atoms with E-state index in [0.717, 1.165) is 20.8 Å². The summed E-state index contributed by atoms with van der Waals surface area (Å²) in [6.07, 6.45) is 2.05. The second-order valence-electron chi connectivity index (χ2n) is 7.79. The van der Waals surface area contributed by atoms with Gasteiger partial charge in [-0.25, -0.2) is 9.69 Å². The van der Waals surface area contributed by atoms with E-state index in [2.05, 4.69) is 10.2 Å². The minimum absolute atomic E-state index is 0.265. The molecule has 9 nitrogen and oxygen atoms in total. The Balaban J connectivity index is 1.48. The van der Waals surface area contributed by atoms with Gasteiger partial charge in [0.05, 0.1) is 37.1 Å². The molecule has 3 aromatic heterocycles. The van der Waals surface area contributed by atoms with Gasteiger partial charge in [-0.3, -0.25) is 9.59 Å². The van der Waals surface area contributed by atoms with Crippen molar-refractivity contribution in [1.82, 2.24) is 14.8 Å². The van der Waals surface area contributed by atoms with Crippen molar-refractivity contribution in [3.05, 3.63) is 87.0 Å². The molecule has 0 N–H and O–H groups in total. The average molecular weight is 491 g/mol. The summed E-state index contributed by atoms with van der Waals surface area (Å²) in [6.45, 7) is -0.265. The van der Waals surface area contributed by atoms with Gasteiger partial charge in [0.2, 0.25) is 0 Å². The summed E-state index contributed by atoms with van der Waals surface area (Å²) in [5.74, 6) is 1.30. The molecule has 0 bridgehead atoms. The number of amides is 1. The number of ether oxygens (including phenoxy) is 2. The third kappa shape index (κ3) is 4.47. The molecule has 178 valence electrons. The average Bonchev–Trinajstić information content (AvgIpc) is 3.66. The number of carbonyl (C=O) groups is 1. The lowest BCUT2D eigenvalue weighted by Crippen LogP contribution is -2.35. The molecule has 0 fully saturated rings. The lowest BCUT2D eigenvalue weighted by atomic mass is 10.0. The van der Waals surface area contributed by atoms with Gasteiger partial charge in [-0.1, -0.05) is 12.1 Å². The Kier molecular flexibility index (Phi) is 6.19. The fourth-order valence-corrected chi connectivity index (χ4v) is 4.69. The van der Waals surface area contributed by atoms with Gasteiger partial charge in [0, 0.05) is 12.5 Å². The van der Waals surface area contributed by atoms with Gasteiger partial charge in [0.15, 0.2) is 17.3 Å². The quantitative estimate of drug-likeness (QED) is 0.389. The van der Waals surface area contributed by atoms with Crippen molar-refractivity contribution >= 4 is 23.0 Å². The molecule has 1 atom stereocenters. The van der Waals surface area contributed by atoms with Crippen LogP contribution in [0.2, 0.25) is 0 Å². The number of hydrogen-bond donors (Lipinski definition) is 0. The van der Waals surface area contributed by atoms with E-state index < -0.39 is 5.56 Å². The van der Waals surface area contributed by atoms with Crippen LogP contribution in [0, 0.1) is 0 Å². The van der Waals surface area contributed by atoms with Crippen molar-refractivity contribution in [3.63, 3.8) is 0 Å². The molecule has 0 saturated heterocycles. The van der Waals surface area contributed by atoms with Crippen molar-refractivity contribution in [1.29, 1.82) is 0 Å². The van der Waals surface area contributed by atoms with Crippen LogP contribution in [0.3, 0.4) is 0 Å². The van der Waals surface area contributed by atoms with E-state index in [0.29, 0.717) is 29.4 Å². The first kappa shape index (κ1) is 22.6. The third-order valence-corrected chi connectivity index (χ3v) is 6.61. The maximum absolute atomic E-state index is 13.5. The summed E-state index contributed by atoms with van der Waals surface area (Å²) < 4.78 is 17.3. The molecule has 4 heterocycles. The van der Waals surface area contributed by atoms with Gasteiger partial charge in [0.25, 0.3) is 11.5 Å². The summed E-state index contributed by atoms with van der Waals surface area (Å²) in [6, 6.07) is 15.5. The molecule has 1 aliphatic heterocycles. The molecule has 4 aromatic rings. The van der Waals surface area contributed by atoms with E-state index in [1.165, 1.54) is 17.3 Å². The van der Waals surface area contributed by atoms with Crippen LogP contribution in [-0.4, -0.2) is 40.6 Å². The fraction of sp³-hybridized carbons (Fsp3) is 0.200. The SMILES string of the molecule is COc1ccc(C2CC(c3cccs3)=NN2C(=O)Cn2nc(-c3ccco3)ccc2=O)cc1OC. The lowest BCUT2D eigenvalue weighted by Gasteiger charge is -2.23. The number of hydrogen-bond acceptors (Lipinski definition) is 8. The van der Waals surface area contributed by atoms with Crippen molar-refractivity contribution < 1.29 is 18.7 Å². The van der Waals surface area contributed by atoms with E-state index >= 15 is 0 Å². The first-order valence-corrected chi connectivity index (χ1v) is 11.7. The number of methoxy groups -OCH3 is 2. The topological polar surface area (TPSA) is 99.2 Å². The predicted octanol–water partition coefficient (Wildman–Crippen LogP) is 3.96. The van der Waals surface area contributed by atoms with E-state index in [9.17, 15) is 9.59 Å². The zero-order chi connectivity index (χ0) is 24.4. The Labute approximate surface area is 204 Å². The Morgan fingerprint density at radius 3 is 2.69 bits per heavy atom. The molecule has 1 aliphatic rings. The molecule has 1 amide bonds. The highest BCUT2D eigenvalue weighted by molar-refractivity contribution is 7.12. The molecule has 1 unspecified atom stereocenters. The molecule has 5 rings (SSSR count). The number of aromatic nitrogens is 2. The number of furan rings is 1. The van der Waals surface area contributed by atoms with Crippen LogP contribution < -0.4 is 15.0 Å². The van der Waals surface area contributed by atoms with Crippen molar-refractivity contribution in [2.24, 2.45) is 5.10 Å². The van der Waals surface area contributed by atoms with Gasteiger partial charge in [-0.15, -0.1) is 11.3 Å². The van der Waals surface area contributed by atoms with Gasteiger partial charge in [0.1, 0.15) is 12.2 Å². The highest BCUT2D eigenvalue weighted by Gasteiger charge is 2.34. The maximum Gasteiger partial charge on any atom is 0.267 e. The second kappa shape index (κ2) is 9.59. The summed E-state index contributed by atoms with van der Waals surface area (Å²) in [5, 5.41) is 12.4. The smallest absolute Gasteiger partial charge is 0.267 e. The van der Waals surface area contributed by atoms with E-state index in [1.54, 1.807) is 49.8 Å². The number of thiophene rings is 1. The summed E-state index contributed by atoms with van der Waals surface area (Å²) in [7, 11) is 3.14. The number of carbonyl (C=O) groups excluding carboxylic acids is 1. The molecule has 0 saturated carbocycles. The minimum Gasteiger partial charge on any atom is -0.493 e. The Bertz CT molecular complexity index is 1430. The van der Waals surface area contributed by atoms with Gasteiger partial charge in [-0.2, -0.15) is 10.2 Å². The Morgan fingerprint density at radius 2 is 1.97 bits per heavy atom. The molecular formula is C25H22N4O5S. The van der Waals surface area contributed by atoms with E-state index in [-0.39, 0.29) is 18.5 Å². The highest BCUT2D eigenvalue weighted by atomic mass is 32.1.